The van der Waals surface area contributed by atoms with Crippen molar-refractivity contribution in [1.29, 1.82) is 0 Å². The molecule has 2 heterocycles. The van der Waals surface area contributed by atoms with Gasteiger partial charge in [-0.2, -0.15) is 13.2 Å². The van der Waals surface area contributed by atoms with Crippen LogP contribution in [0.2, 0.25) is 5.02 Å². The van der Waals surface area contributed by atoms with Crippen LogP contribution in [-0.2, 0) is 15.8 Å². The SMILES string of the molecule is NC(=O)C1CCNCC1N1CCCC(Nc2cc(Cl)cc(C(F)(F)F)c2)C1=O. The summed E-state index contributed by atoms with van der Waals surface area (Å²) in [5.41, 5.74) is 4.75. The molecule has 0 aromatic heterocycles. The Morgan fingerprint density at radius 1 is 1.29 bits per heavy atom. The zero-order valence-corrected chi connectivity index (χ0v) is 15.8. The number of likely N-dealkylation sites (tertiary alicyclic amines) is 1. The molecule has 3 rings (SSSR count). The fourth-order valence-electron chi connectivity index (χ4n) is 3.90. The fourth-order valence-corrected chi connectivity index (χ4v) is 4.14. The highest BCUT2D eigenvalue weighted by atomic mass is 35.5. The van der Waals surface area contributed by atoms with Crippen LogP contribution in [0, 0.1) is 5.92 Å². The van der Waals surface area contributed by atoms with Crippen molar-refractivity contribution in [3.63, 3.8) is 0 Å². The van der Waals surface area contributed by atoms with Crippen molar-refractivity contribution >= 4 is 29.1 Å². The number of benzene rings is 1. The minimum atomic E-state index is -4.54. The predicted molar refractivity (Wildman–Crippen MR) is 98.8 cm³/mol. The number of carbonyl (C=O) groups excluding carboxylic acids is 2. The molecule has 2 saturated heterocycles. The zero-order chi connectivity index (χ0) is 20.5. The van der Waals surface area contributed by atoms with Crippen molar-refractivity contribution in [3.05, 3.63) is 28.8 Å². The lowest BCUT2D eigenvalue weighted by molar-refractivity contribution is -0.140. The molecule has 0 spiro atoms. The van der Waals surface area contributed by atoms with Crippen molar-refractivity contribution in [2.24, 2.45) is 11.7 Å². The van der Waals surface area contributed by atoms with Crippen LogP contribution in [0.1, 0.15) is 24.8 Å². The summed E-state index contributed by atoms with van der Waals surface area (Å²) in [6, 6.07) is 2.09. The van der Waals surface area contributed by atoms with Gasteiger partial charge in [-0.3, -0.25) is 9.59 Å². The molecule has 3 unspecified atom stereocenters. The van der Waals surface area contributed by atoms with Crippen LogP contribution in [0.3, 0.4) is 0 Å². The Morgan fingerprint density at radius 3 is 2.71 bits per heavy atom. The van der Waals surface area contributed by atoms with Gasteiger partial charge >= 0.3 is 6.18 Å². The van der Waals surface area contributed by atoms with Crippen LogP contribution >= 0.6 is 11.6 Å². The summed E-state index contributed by atoms with van der Waals surface area (Å²) in [7, 11) is 0. The monoisotopic (exact) mass is 418 g/mol. The van der Waals surface area contributed by atoms with E-state index in [2.05, 4.69) is 10.6 Å². The second kappa shape index (κ2) is 8.16. The number of nitrogens with one attached hydrogen (secondary N) is 2. The van der Waals surface area contributed by atoms with E-state index < -0.39 is 29.6 Å². The van der Waals surface area contributed by atoms with Gasteiger partial charge in [0.15, 0.2) is 0 Å². The molecule has 0 aliphatic carbocycles. The average molecular weight is 419 g/mol. The average Bonchev–Trinajstić information content (AvgIpc) is 2.62. The quantitative estimate of drug-likeness (QED) is 0.699. The predicted octanol–water partition coefficient (Wildman–Crippen LogP) is 2.23. The van der Waals surface area contributed by atoms with Crippen LogP contribution in [0.15, 0.2) is 18.2 Å². The number of rotatable bonds is 4. The number of carbonyl (C=O) groups is 2. The molecule has 1 aromatic rings. The van der Waals surface area contributed by atoms with Gasteiger partial charge in [-0.1, -0.05) is 11.6 Å². The lowest BCUT2D eigenvalue weighted by Gasteiger charge is -2.43. The number of hydrogen-bond donors (Lipinski definition) is 3. The molecule has 6 nitrogen and oxygen atoms in total. The highest BCUT2D eigenvalue weighted by Gasteiger charge is 2.40. The summed E-state index contributed by atoms with van der Waals surface area (Å²) in [5.74, 6) is -1.13. The number of halogens is 4. The molecule has 4 N–H and O–H groups in total. The van der Waals surface area contributed by atoms with Crippen LogP contribution in [0.4, 0.5) is 18.9 Å². The standard InChI is InChI=1S/C18H22ClF3N4O2/c19-11-6-10(18(20,21)22)7-12(8-11)25-14-2-1-5-26(17(14)28)15-9-24-4-3-13(15)16(23)27/h6-8,13-15,24-25H,1-5,9H2,(H2,23,27). The number of anilines is 1. The van der Waals surface area contributed by atoms with Crippen molar-refractivity contribution in [1.82, 2.24) is 10.2 Å². The molecule has 2 aliphatic rings. The molecule has 2 fully saturated rings. The molecule has 1 aromatic carbocycles. The Morgan fingerprint density at radius 2 is 2.04 bits per heavy atom. The van der Waals surface area contributed by atoms with Gasteiger partial charge in [-0.05, 0) is 44.0 Å². The van der Waals surface area contributed by atoms with E-state index in [0.29, 0.717) is 38.9 Å². The van der Waals surface area contributed by atoms with Crippen LogP contribution in [0.25, 0.3) is 0 Å². The molecule has 28 heavy (non-hydrogen) atoms. The molecule has 154 valence electrons. The lowest BCUT2D eigenvalue weighted by Crippen LogP contribution is -2.60. The Labute approximate surface area is 165 Å². The third kappa shape index (κ3) is 4.52. The number of piperidine rings is 2. The second-order valence-electron chi connectivity index (χ2n) is 7.17. The number of alkyl halides is 3. The van der Waals surface area contributed by atoms with Gasteiger partial charge in [0.1, 0.15) is 6.04 Å². The third-order valence-corrected chi connectivity index (χ3v) is 5.47. The molecular weight excluding hydrogens is 397 g/mol. The maximum Gasteiger partial charge on any atom is 0.416 e. The summed E-state index contributed by atoms with van der Waals surface area (Å²) in [4.78, 5) is 26.4. The fraction of sp³-hybridized carbons (Fsp3) is 0.556. The first-order valence-corrected chi connectivity index (χ1v) is 9.49. The van der Waals surface area contributed by atoms with Crippen LogP contribution < -0.4 is 16.4 Å². The lowest BCUT2D eigenvalue weighted by atomic mass is 9.88. The topological polar surface area (TPSA) is 87.5 Å². The highest BCUT2D eigenvalue weighted by Crippen LogP contribution is 2.34. The van der Waals surface area contributed by atoms with Crippen LogP contribution in [0.5, 0.6) is 0 Å². The third-order valence-electron chi connectivity index (χ3n) is 5.25. The van der Waals surface area contributed by atoms with Gasteiger partial charge in [0.05, 0.1) is 17.5 Å². The van der Waals surface area contributed by atoms with E-state index >= 15 is 0 Å². The minimum absolute atomic E-state index is 0.0669. The molecule has 0 bridgehead atoms. The second-order valence-corrected chi connectivity index (χ2v) is 7.60. The first-order valence-electron chi connectivity index (χ1n) is 9.11. The van der Waals surface area contributed by atoms with Gasteiger partial charge in [0, 0.05) is 23.8 Å². The van der Waals surface area contributed by atoms with Crippen molar-refractivity contribution in [2.45, 2.75) is 37.5 Å². The summed E-state index contributed by atoms with van der Waals surface area (Å²) < 4.78 is 39.0. The van der Waals surface area contributed by atoms with Crippen LogP contribution in [-0.4, -0.2) is 48.4 Å². The summed E-state index contributed by atoms with van der Waals surface area (Å²) in [5, 5.41) is 5.99. The Balaban J connectivity index is 1.78. The summed E-state index contributed by atoms with van der Waals surface area (Å²) in [6.07, 6.45) is -2.85. The summed E-state index contributed by atoms with van der Waals surface area (Å²) >= 11 is 5.82. The van der Waals surface area contributed by atoms with E-state index in [-0.39, 0.29) is 22.7 Å². The maximum absolute atomic E-state index is 13.0. The molecule has 10 heteroatoms. The molecule has 2 aliphatic heterocycles. The number of nitrogens with two attached hydrogens (primary N) is 1. The molecule has 0 radical (unpaired) electrons. The van der Waals surface area contributed by atoms with E-state index in [4.69, 9.17) is 17.3 Å². The Kier molecular flexibility index (Phi) is 6.04. The molecular formula is C18H22ClF3N4O2. The first-order chi connectivity index (χ1) is 13.2. The largest absolute Gasteiger partial charge is 0.416 e. The van der Waals surface area contributed by atoms with Crippen molar-refractivity contribution < 1.29 is 22.8 Å². The normalized spacial score (nSPS) is 26.2. The van der Waals surface area contributed by atoms with Gasteiger partial charge in [0.2, 0.25) is 11.8 Å². The first kappa shape index (κ1) is 20.7. The zero-order valence-electron chi connectivity index (χ0n) is 15.1. The number of nitrogens with zero attached hydrogens (tertiary/aromatic N) is 1. The van der Waals surface area contributed by atoms with E-state index in [1.54, 1.807) is 4.90 Å². The maximum atomic E-state index is 13.0. The number of hydrogen-bond acceptors (Lipinski definition) is 4. The van der Waals surface area contributed by atoms with E-state index in [1.165, 1.54) is 6.07 Å². The van der Waals surface area contributed by atoms with Crippen molar-refractivity contribution in [2.75, 3.05) is 25.0 Å². The van der Waals surface area contributed by atoms with Crippen molar-refractivity contribution in [3.8, 4) is 0 Å². The number of amides is 2. The number of primary amides is 1. The minimum Gasteiger partial charge on any atom is -0.374 e. The van der Waals surface area contributed by atoms with Gasteiger partial charge < -0.3 is 21.3 Å². The van der Waals surface area contributed by atoms with E-state index in [9.17, 15) is 22.8 Å². The van der Waals surface area contributed by atoms with Gasteiger partial charge in [0.25, 0.3) is 0 Å². The van der Waals surface area contributed by atoms with Gasteiger partial charge in [-0.25, -0.2) is 0 Å². The Bertz CT molecular complexity index is 759. The van der Waals surface area contributed by atoms with Gasteiger partial charge in [-0.15, -0.1) is 0 Å². The Hall–Kier alpha value is -2.00. The van der Waals surface area contributed by atoms with E-state index in [1.807, 2.05) is 0 Å². The molecule has 2 amide bonds. The molecule has 3 atom stereocenters. The smallest absolute Gasteiger partial charge is 0.374 e. The van der Waals surface area contributed by atoms with E-state index in [0.717, 1.165) is 12.1 Å². The highest BCUT2D eigenvalue weighted by molar-refractivity contribution is 6.31. The summed E-state index contributed by atoms with van der Waals surface area (Å²) in [6.45, 7) is 1.59. The molecule has 0 saturated carbocycles.